The highest BCUT2D eigenvalue weighted by Gasteiger charge is 2.23. The van der Waals surface area contributed by atoms with E-state index < -0.39 is 6.29 Å². The lowest BCUT2D eigenvalue weighted by molar-refractivity contribution is -0.0460. The first-order valence-electron chi connectivity index (χ1n) is 7.53. The summed E-state index contributed by atoms with van der Waals surface area (Å²) in [5, 5.41) is 9.57. The van der Waals surface area contributed by atoms with Gasteiger partial charge < -0.3 is 24.1 Å². The van der Waals surface area contributed by atoms with Crippen molar-refractivity contribution < 1.29 is 24.1 Å². The number of hydrogen-bond donors (Lipinski definition) is 1. The van der Waals surface area contributed by atoms with Crippen molar-refractivity contribution in [2.75, 3.05) is 20.3 Å². The normalized spacial score (nSPS) is 14.9. The van der Waals surface area contributed by atoms with Gasteiger partial charge >= 0.3 is 0 Å². The van der Waals surface area contributed by atoms with Gasteiger partial charge in [0.25, 0.3) is 0 Å². The van der Waals surface area contributed by atoms with Gasteiger partial charge in [-0.1, -0.05) is 30.3 Å². The van der Waals surface area contributed by atoms with Crippen LogP contribution in [0.1, 0.15) is 23.0 Å². The lowest BCUT2D eigenvalue weighted by atomic mass is 10.1. The third kappa shape index (κ3) is 3.64. The molecule has 5 nitrogen and oxygen atoms in total. The van der Waals surface area contributed by atoms with Crippen LogP contribution in [0.2, 0.25) is 0 Å². The summed E-state index contributed by atoms with van der Waals surface area (Å²) in [5.41, 5.74) is 2.54. The summed E-state index contributed by atoms with van der Waals surface area (Å²) in [7, 11) is 1.64. The van der Waals surface area contributed by atoms with Crippen LogP contribution in [0.25, 0.3) is 0 Å². The second kappa shape index (κ2) is 7.46. The van der Waals surface area contributed by atoms with Gasteiger partial charge in [-0.15, -0.1) is 0 Å². The quantitative estimate of drug-likeness (QED) is 0.888. The third-order valence-corrected chi connectivity index (χ3v) is 3.72. The summed E-state index contributed by atoms with van der Waals surface area (Å²) in [6.07, 6.45) is -0.438. The molecule has 0 aromatic heterocycles. The van der Waals surface area contributed by atoms with Gasteiger partial charge in [-0.2, -0.15) is 0 Å². The number of hydrogen-bond acceptors (Lipinski definition) is 5. The topological polar surface area (TPSA) is 57.2 Å². The molecule has 122 valence electrons. The van der Waals surface area contributed by atoms with Crippen LogP contribution in [0.5, 0.6) is 11.5 Å². The Hall–Kier alpha value is -2.08. The van der Waals surface area contributed by atoms with Crippen LogP contribution in [-0.2, 0) is 22.7 Å². The predicted molar refractivity (Wildman–Crippen MR) is 84.3 cm³/mol. The Labute approximate surface area is 135 Å². The average molecular weight is 316 g/mol. The fourth-order valence-corrected chi connectivity index (χ4v) is 2.51. The molecule has 1 saturated heterocycles. The maximum atomic E-state index is 9.57. The van der Waals surface area contributed by atoms with E-state index in [1.807, 2.05) is 42.5 Å². The van der Waals surface area contributed by atoms with Gasteiger partial charge in [0.1, 0.15) is 18.1 Å². The minimum atomic E-state index is -0.438. The number of methoxy groups -OCH3 is 1. The summed E-state index contributed by atoms with van der Waals surface area (Å²) in [5.74, 6) is 1.43. The van der Waals surface area contributed by atoms with E-state index in [1.54, 1.807) is 7.11 Å². The Balaban J connectivity index is 1.79. The zero-order chi connectivity index (χ0) is 16.1. The van der Waals surface area contributed by atoms with Gasteiger partial charge in [0, 0.05) is 5.56 Å². The van der Waals surface area contributed by atoms with Crippen LogP contribution in [-0.4, -0.2) is 25.4 Å². The fraction of sp³-hybridized carbons (Fsp3) is 0.333. The van der Waals surface area contributed by atoms with Crippen molar-refractivity contribution in [3.05, 3.63) is 59.2 Å². The zero-order valence-corrected chi connectivity index (χ0v) is 13.0. The van der Waals surface area contributed by atoms with Gasteiger partial charge in [-0.05, 0) is 17.7 Å². The third-order valence-electron chi connectivity index (χ3n) is 3.72. The van der Waals surface area contributed by atoms with Gasteiger partial charge in [-0.25, -0.2) is 0 Å². The molecule has 0 bridgehead atoms. The molecule has 2 aromatic rings. The Bertz CT molecular complexity index is 632. The average Bonchev–Trinajstić information content (AvgIpc) is 3.14. The molecule has 0 aliphatic carbocycles. The number of para-hydroxylation sites is 1. The minimum absolute atomic E-state index is 0.0987. The van der Waals surface area contributed by atoms with Crippen LogP contribution in [0.4, 0.5) is 0 Å². The highest BCUT2D eigenvalue weighted by molar-refractivity contribution is 5.42. The first-order valence-corrected chi connectivity index (χ1v) is 7.53. The van der Waals surface area contributed by atoms with Crippen LogP contribution in [0, 0.1) is 0 Å². The number of aliphatic hydroxyl groups excluding tert-OH is 1. The van der Waals surface area contributed by atoms with E-state index in [4.69, 9.17) is 18.9 Å². The van der Waals surface area contributed by atoms with Crippen LogP contribution in [0.15, 0.2) is 42.5 Å². The molecular formula is C18H20O5. The van der Waals surface area contributed by atoms with Crippen molar-refractivity contribution in [3.63, 3.8) is 0 Å². The van der Waals surface area contributed by atoms with Gasteiger partial charge in [0.05, 0.1) is 32.5 Å². The van der Waals surface area contributed by atoms with Gasteiger partial charge in [0.2, 0.25) is 0 Å². The molecule has 0 spiro atoms. The maximum Gasteiger partial charge on any atom is 0.187 e. The molecule has 1 heterocycles. The summed E-state index contributed by atoms with van der Waals surface area (Å²) >= 11 is 0. The monoisotopic (exact) mass is 316 g/mol. The van der Waals surface area contributed by atoms with Crippen LogP contribution < -0.4 is 9.47 Å². The largest absolute Gasteiger partial charge is 0.497 e. The smallest absolute Gasteiger partial charge is 0.187 e. The summed E-state index contributed by atoms with van der Waals surface area (Å²) in [6, 6.07) is 13.3. The second-order valence-corrected chi connectivity index (χ2v) is 5.20. The van der Waals surface area contributed by atoms with Crippen molar-refractivity contribution in [2.24, 2.45) is 0 Å². The number of ether oxygens (including phenoxy) is 4. The van der Waals surface area contributed by atoms with Crippen molar-refractivity contribution >= 4 is 0 Å². The Kier molecular flexibility index (Phi) is 5.12. The molecule has 1 fully saturated rings. The zero-order valence-electron chi connectivity index (χ0n) is 13.0. The van der Waals surface area contributed by atoms with Gasteiger partial charge in [0.15, 0.2) is 6.29 Å². The Morgan fingerprint density at radius 1 is 1.09 bits per heavy atom. The predicted octanol–water partition coefficient (Wildman–Crippen LogP) is 2.81. The molecule has 0 amide bonds. The molecule has 0 saturated carbocycles. The fourth-order valence-electron chi connectivity index (χ4n) is 2.51. The number of benzene rings is 2. The summed E-state index contributed by atoms with van der Waals surface area (Å²) in [4.78, 5) is 0. The van der Waals surface area contributed by atoms with E-state index in [0.717, 1.165) is 22.4 Å². The summed E-state index contributed by atoms with van der Waals surface area (Å²) in [6.45, 7) is 1.41. The van der Waals surface area contributed by atoms with E-state index in [1.165, 1.54) is 0 Å². The first-order chi connectivity index (χ1) is 11.3. The van der Waals surface area contributed by atoms with E-state index in [9.17, 15) is 5.11 Å². The summed E-state index contributed by atoms with van der Waals surface area (Å²) < 4.78 is 22.2. The molecule has 5 heteroatoms. The van der Waals surface area contributed by atoms with E-state index in [-0.39, 0.29) is 6.61 Å². The highest BCUT2D eigenvalue weighted by Crippen LogP contribution is 2.34. The van der Waals surface area contributed by atoms with Crippen molar-refractivity contribution in [1.29, 1.82) is 0 Å². The molecule has 0 atom stereocenters. The second-order valence-electron chi connectivity index (χ2n) is 5.20. The minimum Gasteiger partial charge on any atom is -0.497 e. The first kappa shape index (κ1) is 15.8. The van der Waals surface area contributed by atoms with Crippen LogP contribution in [0.3, 0.4) is 0 Å². The maximum absolute atomic E-state index is 9.57. The molecule has 1 aliphatic rings. The van der Waals surface area contributed by atoms with Crippen LogP contribution >= 0.6 is 0 Å². The van der Waals surface area contributed by atoms with Crippen molar-refractivity contribution in [3.8, 4) is 11.5 Å². The lowest BCUT2D eigenvalue weighted by Crippen LogP contribution is -2.06. The van der Waals surface area contributed by atoms with Crippen molar-refractivity contribution in [2.45, 2.75) is 19.5 Å². The Morgan fingerprint density at radius 2 is 1.83 bits per heavy atom. The SMILES string of the molecule is COc1ccc(COc2c(CO)cccc2C2OCCO2)cc1. The number of aliphatic hydroxyl groups is 1. The molecule has 2 aromatic carbocycles. The Morgan fingerprint density at radius 3 is 2.48 bits per heavy atom. The lowest BCUT2D eigenvalue weighted by Gasteiger charge is -2.18. The standard InChI is InChI=1S/C18H20O5/c1-20-15-7-5-13(6-8-15)12-23-17-14(11-19)3-2-4-16(17)18-21-9-10-22-18/h2-8,18-19H,9-12H2,1H3. The molecule has 1 aliphatic heterocycles. The molecule has 0 unspecified atom stereocenters. The van der Waals surface area contributed by atoms with Gasteiger partial charge in [-0.3, -0.25) is 0 Å². The number of rotatable bonds is 6. The molecule has 3 rings (SSSR count). The molecule has 0 radical (unpaired) electrons. The van der Waals surface area contributed by atoms with E-state index in [2.05, 4.69) is 0 Å². The van der Waals surface area contributed by atoms with E-state index >= 15 is 0 Å². The van der Waals surface area contributed by atoms with Crippen molar-refractivity contribution in [1.82, 2.24) is 0 Å². The molecule has 1 N–H and O–H groups in total. The molecular weight excluding hydrogens is 296 g/mol. The highest BCUT2D eigenvalue weighted by atomic mass is 16.7. The van der Waals surface area contributed by atoms with E-state index in [0.29, 0.717) is 25.6 Å². The molecule has 23 heavy (non-hydrogen) atoms.